The Balaban J connectivity index is 2.17. The second-order valence-electron chi connectivity index (χ2n) is 2.42. The molecule has 0 aliphatic carbocycles. The molecule has 2 heteroatoms. The summed E-state index contributed by atoms with van der Waals surface area (Å²) >= 11 is 0. The average molecular weight is 114 g/mol. The van der Waals surface area contributed by atoms with Gasteiger partial charge in [0, 0.05) is 12.7 Å². The van der Waals surface area contributed by atoms with Crippen molar-refractivity contribution in [3.8, 4) is 0 Å². The van der Waals surface area contributed by atoms with Gasteiger partial charge in [-0.3, -0.25) is 0 Å². The molecule has 0 aromatic carbocycles. The summed E-state index contributed by atoms with van der Waals surface area (Å²) in [4.78, 5) is 0. The van der Waals surface area contributed by atoms with E-state index in [-0.39, 0.29) is 0 Å². The van der Waals surface area contributed by atoms with E-state index in [2.05, 4.69) is 17.6 Å². The quantitative estimate of drug-likeness (QED) is 0.473. The minimum Gasteiger partial charge on any atom is -0.304 e. The van der Waals surface area contributed by atoms with Gasteiger partial charge in [0.2, 0.25) is 0 Å². The van der Waals surface area contributed by atoms with E-state index in [0.29, 0.717) is 6.04 Å². The van der Waals surface area contributed by atoms with Crippen LogP contribution in [-0.4, -0.2) is 19.3 Å². The molecule has 2 N–H and O–H groups in total. The van der Waals surface area contributed by atoms with Crippen LogP contribution in [0.1, 0.15) is 19.8 Å². The van der Waals surface area contributed by atoms with E-state index in [4.69, 9.17) is 0 Å². The topological polar surface area (TPSA) is 24.1 Å². The largest absolute Gasteiger partial charge is 0.304 e. The zero-order valence-corrected chi connectivity index (χ0v) is 5.41. The summed E-state index contributed by atoms with van der Waals surface area (Å²) in [6.07, 6.45) is 2.63. The molecule has 8 heavy (non-hydrogen) atoms. The molecule has 0 aromatic heterocycles. The predicted molar refractivity (Wildman–Crippen MR) is 34.7 cm³/mol. The lowest BCUT2D eigenvalue weighted by Crippen LogP contribution is -2.31. The molecule has 1 fully saturated rings. The van der Waals surface area contributed by atoms with Crippen LogP contribution in [0.25, 0.3) is 0 Å². The maximum atomic E-state index is 3.33. The molecule has 1 aliphatic rings. The van der Waals surface area contributed by atoms with Crippen molar-refractivity contribution in [1.29, 1.82) is 0 Å². The fraction of sp³-hybridized carbons (Fsp3) is 1.00. The standard InChI is InChI=1S/C6H14N2/c1-6-3-2-4-7-5-8-6/h6-8H,2-5H2,1H3/t6-/m0/s1. The summed E-state index contributed by atoms with van der Waals surface area (Å²) in [5, 5.41) is 6.60. The molecule has 2 nitrogen and oxygen atoms in total. The number of nitrogens with one attached hydrogen (secondary N) is 2. The van der Waals surface area contributed by atoms with Crippen molar-refractivity contribution in [3.63, 3.8) is 0 Å². The van der Waals surface area contributed by atoms with Gasteiger partial charge < -0.3 is 10.6 Å². The van der Waals surface area contributed by atoms with Crippen molar-refractivity contribution in [2.24, 2.45) is 0 Å². The molecule has 1 aliphatic heterocycles. The molecule has 1 saturated heterocycles. The van der Waals surface area contributed by atoms with Gasteiger partial charge in [0.05, 0.1) is 0 Å². The minimum absolute atomic E-state index is 0.713. The zero-order chi connectivity index (χ0) is 5.82. The summed E-state index contributed by atoms with van der Waals surface area (Å²) in [5.41, 5.74) is 0. The molecule has 1 heterocycles. The normalized spacial score (nSPS) is 31.9. The van der Waals surface area contributed by atoms with Gasteiger partial charge in [-0.15, -0.1) is 0 Å². The first-order valence-corrected chi connectivity index (χ1v) is 3.33. The second-order valence-corrected chi connectivity index (χ2v) is 2.42. The first-order valence-electron chi connectivity index (χ1n) is 3.33. The van der Waals surface area contributed by atoms with Gasteiger partial charge in [0.15, 0.2) is 0 Å². The maximum absolute atomic E-state index is 3.33. The van der Waals surface area contributed by atoms with Crippen LogP contribution in [-0.2, 0) is 0 Å². The smallest absolute Gasteiger partial charge is 0.0456 e. The lowest BCUT2D eigenvalue weighted by Gasteiger charge is -2.06. The van der Waals surface area contributed by atoms with Gasteiger partial charge in [0.1, 0.15) is 0 Å². The molecule has 48 valence electrons. The van der Waals surface area contributed by atoms with E-state index in [1.165, 1.54) is 19.4 Å². The van der Waals surface area contributed by atoms with Crippen molar-refractivity contribution in [3.05, 3.63) is 0 Å². The monoisotopic (exact) mass is 114 g/mol. The van der Waals surface area contributed by atoms with E-state index in [0.717, 1.165) is 6.67 Å². The number of hydrogen-bond donors (Lipinski definition) is 2. The van der Waals surface area contributed by atoms with Gasteiger partial charge in [-0.2, -0.15) is 0 Å². The predicted octanol–water partition coefficient (Wildman–Crippen LogP) is 0.305. The Bertz CT molecular complexity index is 55.5. The van der Waals surface area contributed by atoms with Crippen molar-refractivity contribution in [2.75, 3.05) is 13.2 Å². The van der Waals surface area contributed by atoms with Gasteiger partial charge in [0.25, 0.3) is 0 Å². The molecule has 0 aromatic rings. The molecule has 0 amide bonds. The fourth-order valence-electron chi connectivity index (χ4n) is 0.970. The van der Waals surface area contributed by atoms with Crippen LogP contribution >= 0.6 is 0 Å². The van der Waals surface area contributed by atoms with Crippen LogP contribution in [0, 0.1) is 0 Å². The molecule has 0 saturated carbocycles. The molecular weight excluding hydrogens is 100 g/mol. The fourth-order valence-corrected chi connectivity index (χ4v) is 0.970. The first-order chi connectivity index (χ1) is 3.89. The highest BCUT2D eigenvalue weighted by atomic mass is 15.1. The SMILES string of the molecule is C[C@H]1CCCNCN1. The lowest BCUT2D eigenvalue weighted by atomic mass is 10.2. The second kappa shape index (κ2) is 3.05. The average Bonchev–Trinajstić information content (AvgIpc) is 1.94. The summed E-state index contributed by atoms with van der Waals surface area (Å²) in [5.74, 6) is 0. The highest BCUT2D eigenvalue weighted by molar-refractivity contribution is 4.64. The van der Waals surface area contributed by atoms with Crippen LogP contribution in [0.3, 0.4) is 0 Å². The molecule has 1 rings (SSSR count). The highest BCUT2D eigenvalue weighted by Gasteiger charge is 2.02. The van der Waals surface area contributed by atoms with E-state index in [1.807, 2.05) is 0 Å². The van der Waals surface area contributed by atoms with E-state index in [1.54, 1.807) is 0 Å². The number of hydrogen-bond acceptors (Lipinski definition) is 2. The van der Waals surface area contributed by atoms with Gasteiger partial charge >= 0.3 is 0 Å². The molecular formula is C6H14N2. The Morgan fingerprint density at radius 1 is 1.50 bits per heavy atom. The van der Waals surface area contributed by atoms with Crippen LogP contribution in [0.2, 0.25) is 0 Å². The molecule has 0 spiro atoms. The Morgan fingerprint density at radius 2 is 2.38 bits per heavy atom. The summed E-state index contributed by atoms with van der Waals surface area (Å²) in [6, 6.07) is 0.713. The summed E-state index contributed by atoms with van der Waals surface area (Å²) in [6.45, 7) is 4.39. The molecule has 0 radical (unpaired) electrons. The van der Waals surface area contributed by atoms with Gasteiger partial charge in [-0.05, 0) is 26.3 Å². The first kappa shape index (κ1) is 6.05. The third kappa shape index (κ3) is 1.80. The van der Waals surface area contributed by atoms with Crippen LogP contribution in [0.5, 0.6) is 0 Å². The Labute approximate surface area is 50.7 Å². The third-order valence-corrected chi connectivity index (χ3v) is 1.57. The van der Waals surface area contributed by atoms with Crippen LogP contribution < -0.4 is 10.6 Å². The van der Waals surface area contributed by atoms with Gasteiger partial charge in [-0.25, -0.2) is 0 Å². The molecule has 0 bridgehead atoms. The van der Waals surface area contributed by atoms with Crippen molar-refractivity contribution >= 4 is 0 Å². The van der Waals surface area contributed by atoms with Crippen LogP contribution in [0.4, 0.5) is 0 Å². The molecule has 1 atom stereocenters. The highest BCUT2D eigenvalue weighted by Crippen LogP contribution is 1.96. The van der Waals surface area contributed by atoms with E-state index < -0.39 is 0 Å². The maximum Gasteiger partial charge on any atom is 0.0456 e. The zero-order valence-electron chi connectivity index (χ0n) is 5.41. The van der Waals surface area contributed by atoms with Crippen molar-refractivity contribution in [1.82, 2.24) is 10.6 Å². The van der Waals surface area contributed by atoms with Crippen molar-refractivity contribution in [2.45, 2.75) is 25.8 Å². The lowest BCUT2D eigenvalue weighted by molar-refractivity contribution is 0.541. The summed E-state index contributed by atoms with van der Waals surface area (Å²) in [7, 11) is 0. The Morgan fingerprint density at radius 3 is 3.25 bits per heavy atom. The third-order valence-electron chi connectivity index (χ3n) is 1.57. The van der Waals surface area contributed by atoms with Crippen molar-refractivity contribution < 1.29 is 0 Å². The van der Waals surface area contributed by atoms with E-state index in [9.17, 15) is 0 Å². The Hall–Kier alpha value is -0.0800. The summed E-state index contributed by atoms with van der Waals surface area (Å²) < 4.78 is 0. The Kier molecular flexibility index (Phi) is 2.30. The van der Waals surface area contributed by atoms with E-state index >= 15 is 0 Å². The van der Waals surface area contributed by atoms with Crippen LogP contribution in [0.15, 0.2) is 0 Å². The number of rotatable bonds is 0. The molecule has 0 unspecified atom stereocenters. The van der Waals surface area contributed by atoms with Gasteiger partial charge in [-0.1, -0.05) is 0 Å². The minimum atomic E-state index is 0.713.